The maximum atomic E-state index is 14.3. The van der Waals surface area contributed by atoms with Crippen molar-refractivity contribution in [2.75, 3.05) is 26.3 Å². The first-order valence-corrected chi connectivity index (χ1v) is 9.27. The van der Waals surface area contributed by atoms with Gasteiger partial charge in [-0.25, -0.2) is 4.39 Å². The lowest BCUT2D eigenvalue weighted by Gasteiger charge is -2.35. The SMILES string of the molecule is CC[C@H]1COCCN1C(=O)c1cc(Oc2ccc(CCN)cc2)ccc1F.Cl. The van der Waals surface area contributed by atoms with Crippen LogP contribution in [0.3, 0.4) is 0 Å². The molecule has 2 aromatic carbocycles. The lowest BCUT2D eigenvalue weighted by molar-refractivity contribution is -0.00304. The number of benzene rings is 2. The van der Waals surface area contributed by atoms with E-state index in [4.69, 9.17) is 15.2 Å². The minimum Gasteiger partial charge on any atom is -0.457 e. The van der Waals surface area contributed by atoms with Gasteiger partial charge in [0, 0.05) is 6.54 Å². The highest BCUT2D eigenvalue weighted by Gasteiger charge is 2.28. The van der Waals surface area contributed by atoms with Gasteiger partial charge in [-0.2, -0.15) is 0 Å². The third-order valence-electron chi connectivity index (χ3n) is 4.72. The zero-order chi connectivity index (χ0) is 19.2. The number of nitrogens with zero attached hydrogens (tertiary/aromatic N) is 1. The van der Waals surface area contributed by atoms with Crippen LogP contribution >= 0.6 is 12.4 Å². The average molecular weight is 409 g/mol. The fourth-order valence-electron chi connectivity index (χ4n) is 3.17. The maximum absolute atomic E-state index is 14.3. The Kier molecular flexibility index (Phi) is 8.23. The summed E-state index contributed by atoms with van der Waals surface area (Å²) >= 11 is 0. The van der Waals surface area contributed by atoms with Gasteiger partial charge in [0.2, 0.25) is 0 Å². The van der Waals surface area contributed by atoms with Crippen LogP contribution in [0.2, 0.25) is 0 Å². The van der Waals surface area contributed by atoms with Gasteiger partial charge >= 0.3 is 0 Å². The van der Waals surface area contributed by atoms with Crippen molar-refractivity contribution in [3.05, 3.63) is 59.4 Å². The number of halogens is 2. The molecule has 1 amide bonds. The Labute approximate surface area is 171 Å². The first kappa shape index (κ1) is 22.1. The molecule has 5 nitrogen and oxygen atoms in total. The molecule has 0 aliphatic carbocycles. The number of nitrogens with two attached hydrogens (primary N) is 1. The Morgan fingerprint density at radius 2 is 1.96 bits per heavy atom. The van der Waals surface area contributed by atoms with Crippen LogP contribution in [0.4, 0.5) is 4.39 Å². The van der Waals surface area contributed by atoms with E-state index in [2.05, 4.69) is 0 Å². The van der Waals surface area contributed by atoms with Gasteiger partial charge in [0.25, 0.3) is 5.91 Å². The number of hydrogen-bond acceptors (Lipinski definition) is 4. The highest BCUT2D eigenvalue weighted by molar-refractivity contribution is 5.95. The van der Waals surface area contributed by atoms with Crippen LogP contribution in [-0.2, 0) is 11.2 Å². The molecular weight excluding hydrogens is 383 g/mol. The minimum absolute atomic E-state index is 0. The van der Waals surface area contributed by atoms with Crippen molar-refractivity contribution in [2.24, 2.45) is 5.73 Å². The summed E-state index contributed by atoms with van der Waals surface area (Å²) < 4.78 is 25.6. The van der Waals surface area contributed by atoms with E-state index in [1.54, 1.807) is 4.90 Å². The number of amides is 1. The lowest BCUT2D eigenvalue weighted by atomic mass is 10.1. The molecule has 0 unspecified atom stereocenters. The van der Waals surface area contributed by atoms with Crippen molar-refractivity contribution in [1.29, 1.82) is 0 Å². The molecule has 2 N–H and O–H groups in total. The average Bonchev–Trinajstić information content (AvgIpc) is 2.70. The molecule has 2 aromatic rings. The van der Waals surface area contributed by atoms with Crippen molar-refractivity contribution < 1.29 is 18.7 Å². The number of carbonyl (C=O) groups is 1. The molecule has 0 saturated carbocycles. The topological polar surface area (TPSA) is 64.8 Å². The lowest BCUT2D eigenvalue weighted by Crippen LogP contribution is -2.48. The van der Waals surface area contributed by atoms with E-state index in [1.807, 2.05) is 31.2 Å². The molecule has 0 spiro atoms. The molecule has 0 aromatic heterocycles. The van der Waals surface area contributed by atoms with Crippen LogP contribution in [0.25, 0.3) is 0 Å². The van der Waals surface area contributed by atoms with Gasteiger partial charge in [0.15, 0.2) is 0 Å². The van der Waals surface area contributed by atoms with Crippen LogP contribution in [0.1, 0.15) is 29.3 Å². The van der Waals surface area contributed by atoms with Crippen molar-refractivity contribution in [1.82, 2.24) is 4.90 Å². The largest absolute Gasteiger partial charge is 0.457 e. The molecule has 1 fully saturated rings. The van der Waals surface area contributed by atoms with E-state index in [1.165, 1.54) is 18.2 Å². The van der Waals surface area contributed by atoms with Gasteiger partial charge in [-0.15, -0.1) is 12.4 Å². The third kappa shape index (κ3) is 5.22. The molecule has 1 atom stereocenters. The van der Waals surface area contributed by atoms with E-state index in [9.17, 15) is 9.18 Å². The monoisotopic (exact) mass is 408 g/mol. The first-order chi connectivity index (χ1) is 13.1. The molecule has 7 heteroatoms. The summed E-state index contributed by atoms with van der Waals surface area (Å²) in [4.78, 5) is 14.6. The number of rotatable bonds is 6. The summed E-state index contributed by atoms with van der Waals surface area (Å²) in [7, 11) is 0. The molecule has 0 bridgehead atoms. The van der Waals surface area contributed by atoms with Crippen LogP contribution in [-0.4, -0.2) is 43.2 Å². The summed E-state index contributed by atoms with van der Waals surface area (Å²) in [6, 6.07) is 11.8. The Hall–Kier alpha value is -2.15. The Balaban J connectivity index is 0.00000280. The fourth-order valence-corrected chi connectivity index (χ4v) is 3.17. The Morgan fingerprint density at radius 3 is 2.64 bits per heavy atom. The van der Waals surface area contributed by atoms with Gasteiger partial charge in [-0.3, -0.25) is 4.79 Å². The van der Waals surface area contributed by atoms with Gasteiger partial charge in [0.1, 0.15) is 17.3 Å². The quantitative estimate of drug-likeness (QED) is 0.789. The highest BCUT2D eigenvalue weighted by Crippen LogP contribution is 2.26. The second kappa shape index (κ2) is 10.4. The van der Waals surface area contributed by atoms with Crippen LogP contribution in [0.15, 0.2) is 42.5 Å². The summed E-state index contributed by atoms with van der Waals surface area (Å²) in [5.74, 6) is 0.171. The van der Waals surface area contributed by atoms with E-state index in [0.29, 0.717) is 37.8 Å². The maximum Gasteiger partial charge on any atom is 0.257 e. The first-order valence-electron chi connectivity index (χ1n) is 9.27. The molecule has 1 aliphatic rings. The van der Waals surface area contributed by atoms with Crippen LogP contribution < -0.4 is 10.5 Å². The normalized spacial score (nSPS) is 16.4. The van der Waals surface area contributed by atoms with E-state index >= 15 is 0 Å². The van der Waals surface area contributed by atoms with Gasteiger partial charge in [-0.1, -0.05) is 19.1 Å². The zero-order valence-electron chi connectivity index (χ0n) is 15.9. The van der Waals surface area contributed by atoms with Crippen LogP contribution in [0.5, 0.6) is 11.5 Å². The Morgan fingerprint density at radius 1 is 1.25 bits per heavy atom. The molecule has 1 saturated heterocycles. The van der Waals surface area contributed by atoms with Gasteiger partial charge < -0.3 is 20.1 Å². The fraction of sp³-hybridized carbons (Fsp3) is 0.381. The summed E-state index contributed by atoms with van der Waals surface area (Å²) in [5.41, 5.74) is 6.70. The van der Waals surface area contributed by atoms with E-state index in [-0.39, 0.29) is 29.9 Å². The molecule has 0 radical (unpaired) electrons. The van der Waals surface area contributed by atoms with Crippen molar-refractivity contribution >= 4 is 18.3 Å². The number of hydrogen-bond donors (Lipinski definition) is 1. The predicted octanol–water partition coefficient (Wildman–Crippen LogP) is 3.79. The van der Waals surface area contributed by atoms with Gasteiger partial charge in [0.05, 0.1) is 24.8 Å². The molecule has 28 heavy (non-hydrogen) atoms. The number of ether oxygens (including phenoxy) is 2. The summed E-state index contributed by atoms with van der Waals surface area (Å²) in [5, 5.41) is 0. The zero-order valence-corrected chi connectivity index (χ0v) is 16.7. The molecule has 3 rings (SSSR count). The second-order valence-electron chi connectivity index (χ2n) is 6.56. The van der Waals surface area contributed by atoms with Crippen molar-refractivity contribution in [2.45, 2.75) is 25.8 Å². The van der Waals surface area contributed by atoms with Gasteiger partial charge in [-0.05, 0) is 55.3 Å². The second-order valence-corrected chi connectivity index (χ2v) is 6.56. The third-order valence-corrected chi connectivity index (χ3v) is 4.72. The van der Waals surface area contributed by atoms with E-state index < -0.39 is 5.82 Å². The number of carbonyl (C=O) groups excluding carboxylic acids is 1. The van der Waals surface area contributed by atoms with Crippen molar-refractivity contribution in [3.63, 3.8) is 0 Å². The standard InChI is InChI=1S/C21H25FN2O3.ClH/c1-2-16-14-26-12-11-24(16)21(25)19-13-18(7-8-20(19)22)27-17-5-3-15(4-6-17)9-10-23;/h3-8,13,16H,2,9-12,14,23H2,1H3;1H/t16-;/m0./s1. The van der Waals surface area contributed by atoms with Crippen LogP contribution in [0, 0.1) is 5.82 Å². The molecular formula is C21H26ClFN2O3. The predicted molar refractivity (Wildman–Crippen MR) is 109 cm³/mol. The highest BCUT2D eigenvalue weighted by atomic mass is 35.5. The molecule has 152 valence electrons. The molecule has 1 aliphatic heterocycles. The molecule has 1 heterocycles. The smallest absolute Gasteiger partial charge is 0.257 e. The number of morpholine rings is 1. The summed E-state index contributed by atoms with van der Waals surface area (Å²) in [6.07, 6.45) is 1.56. The van der Waals surface area contributed by atoms with Crippen molar-refractivity contribution in [3.8, 4) is 11.5 Å². The minimum atomic E-state index is -0.549. The Bertz CT molecular complexity index is 786. The summed E-state index contributed by atoms with van der Waals surface area (Å²) in [6.45, 7) is 3.99. The van der Waals surface area contributed by atoms with E-state index in [0.717, 1.165) is 18.4 Å².